The van der Waals surface area contributed by atoms with Gasteiger partial charge in [0.25, 0.3) is 5.91 Å². The Kier molecular flexibility index (Phi) is 3.11. The largest absolute Gasteiger partial charge is 0.477 e. The zero-order valence-corrected chi connectivity index (χ0v) is 14.2. The first-order valence-corrected chi connectivity index (χ1v) is 8.53. The van der Waals surface area contributed by atoms with Crippen molar-refractivity contribution in [3.05, 3.63) is 29.7 Å². The van der Waals surface area contributed by atoms with Crippen molar-refractivity contribution in [3.63, 3.8) is 0 Å². The Balaban J connectivity index is 1.91. The van der Waals surface area contributed by atoms with Crippen molar-refractivity contribution in [2.45, 2.75) is 30.0 Å². The van der Waals surface area contributed by atoms with Crippen LogP contribution in [0.25, 0.3) is 6.08 Å². The summed E-state index contributed by atoms with van der Waals surface area (Å²) in [4.78, 5) is 50.0. The third kappa shape index (κ3) is 1.87. The van der Waals surface area contributed by atoms with Crippen LogP contribution < -0.4 is 5.43 Å². The predicted octanol–water partition coefficient (Wildman–Crippen LogP) is 0.798. The van der Waals surface area contributed by atoms with Gasteiger partial charge in [-0.1, -0.05) is 11.8 Å². The zero-order chi connectivity index (χ0) is 18.1. The van der Waals surface area contributed by atoms with Gasteiger partial charge in [-0.25, -0.2) is 9.59 Å². The maximum atomic E-state index is 12.9. The number of hydrogen-bond acceptors (Lipinski definition) is 6. The molecule has 4 atom stereocenters. The molecule has 5 rings (SSSR count). The van der Waals surface area contributed by atoms with Crippen LogP contribution in [0.3, 0.4) is 0 Å². The topological polar surface area (TPSA) is 114 Å². The second-order valence-electron chi connectivity index (χ2n) is 6.82. The van der Waals surface area contributed by atoms with Crippen molar-refractivity contribution in [2.75, 3.05) is 0 Å². The molecule has 4 aliphatic rings. The number of amides is 2. The number of carboxylic acid groups (broad SMARTS) is 1. The minimum absolute atomic E-state index is 0.146. The van der Waals surface area contributed by atoms with Crippen LogP contribution in [-0.2, 0) is 14.4 Å². The number of carbonyl (C=O) groups is 4. The van der Waals surface area contributed by atoms with E-state index in [9.17, 15) is 24.3 Å². The van der Waals surface area contributed by atoms with Crippen molar-refractivity contribution in [1.82, 2.24) is 5.43 Å². The molecule has 4 aliphatic heterocycles. The number of ketones is 1. The molecule has 130 valence electrons. The molecule has 0 radical (unpaired) electrons. The molecule has 9 heteroatoms. The zero-order valence-electron chi connectivity index (χ0n) is 13.4. The Bertz CT molecular complexity index is 872. The second-order valence-corrected chi connectivity index (χ2v) is 8.59. The van der Waals surface area contributed by atoms with Gasteiger partial charge >= 0.3 is 11.9 Å². The van der Waals surface area contributed by atoms with Gasteiger partial charge < -0.3 is 9.52 Å². The Morgan fingerprint density at radius 2 is 2.04 bits per heavy atom. The van der Waals surface area contributed by atoms with E-state index >= 15 is 0 Å². The van der Waals surface area contributed by atoms with E-state index < -0.39 is 50.2 Å². The highest BCUT2D eigenvalue weighted by molar-refractivity contribution is 8.01. The fourth-order valence-electron chi connectivity index (χ4n) is 3.97. The van der Waals surface area contributed by atoms with E-state index in [0.717, 1.165) is 0 Å². The predicted molar refractivity (Wildman–Crippen MR) is 85.9 cm³/mol. The lowest BCUT2D eigenvalue weighted by atomic mass is 9.86. The van der Waals surface area contributed by atoms with Crippen LogP contribution in [0.15, 0.2) is 22.8 Å². The molecular weight excluding hydrogens is 348 g/mol. The van der Waals surface area contributed by atoms with Gasteiger partial charge in [0.2, 0.25) is 12.0 Å². The maximum Gasteiger partial charge on any atom is 0.367 e. The van der Waals surface area contributed by atoms with E-state index in [0.29, 0.717) is 0 Å². The standard InChI is InChI=1S/C16H14N2O6S/c1-16(2)11(15(22)23)18-13(21)10(14(18)25-16)8(19)3-4-9-7(5-6-24-9)12(20)17-18/h3-6,10-11,14H,1-2H3,(H-,17,20,22,23)/p+1/t10-,11+,14-,18?/m1/s1. The number of nitrogens with zero attached hydrogens (tertiary/aromatic N) is 1. The van der Waals surface area contributed by atoms with Crippen molar-refractivity contribution < 1.29 is 33.3 Å². The van der Waals surface area contributed by atoms with Gasteiger partial charge in [0.15, 0.2) is 11.2 Å². The molecule has 8 nitrogen and oxygen atoms in total. The fraction of sp³-hybridized carbons (Fsp3) is 0.375. The fourth-order valence-corrected chi connectivity index (χ4v) is 5.82. The van der Waals surface area contributed by atoms with Crippen LogP contribution in [-0.4, -0.2) is 49.4 Å². The van der Waals surface area contributed by atoms with Gasteiger partial charge in [-0.05, 0) is 32.1 Å². The summed E-state index contributed by atoms with van der Waals surface area (Å²) in [6.07, 6.45) is 3.88. The molecule has 0 saturated carbocycles. The lowest BCUT2D eigenvalue weighted by Crippen LogP contribution is -2.83. The molecule has 1 unspecified atom stereocenters. The second kappa shape index (κ2) is 4.83. The molecule has 5 heterocycles. The first-order valence-electron chi connectivity index (χ1n) is 7.65. The number of thioether (sulfide) groups is 1. The number of furan rings is 1. The number of carbonyl (C=O) groups excluding carboxylic acids is 3. The van der Waals surface area contributed by atoms with Gasteiger partial charge in [-0.15, -0.1) is 4.59 Å². The van der Waals surface area contributed by atoms with Crippen LogP contribution in [0.2, 0.25) is 0 Å². The van der Waals surface area contributed by atoms with E-state index in [4.69, 9.17) is 4.42 Å². The van der Waals surface area contributed by atoms with E-state index in [1.807, 2.05) is 0 Å². The molecule has 25 heavy (non-hydrogen) atoms. The van der Waals surface area contributed by atoms with Gasteiger partial charge in [0.05, 0.1) is 16.6 Å². The van der Waals surface area contributed by atoms with E-state index in [1.165, 1.54) is 36.2 Å². The Labute approximate surface area is 146 Å². The third-order valence-electron chi connectivity index (χ3n) is 4.97. The lowest BCUT2D eigenvalue weighted by Gasteiger charge is -2.48. The number of hydrogen-bond donors (Lipinski definition) is 2. The molecule has 0 aromatic carbocycles. The van der Waals surface area contributed by atoms with Crippen molar-refractivity contribution in [3.8, 4) is 0 Å². The normalized spacial score (nSPS) is 35.4. The highest BCUT2D eigenvalue weighted by Crippen LogP contribution is 2.58. The Morgan fingerprint density at radius 3 is 2.72 bits per heavy atom. The highest BCUT2D eigenvalue weighted by atomic mass is 32.2. The number of quaternary nitrogens is 1. The smallest absolute Gasteiger partial charge is 0.367 e. The minimum Gasteiger partial charge on any atom is -0.477 e. The summed E-state index contributed by atoms with van der Waals surface area (Å²) in [5, 5.41) is 9.07. The molecule has 1 aromatic heterocycles. The summed E-state index contributed by atoms with van der Waals surface area (Å²) in [5.41, 5.74) is 2.74. The van der Waals surface area contributed by atoms with Crippen LogP contribution in [0.5, 0.6) is 0 Å². The number of fused-ring (bicyclic) bond motifs is 2. The van der Waals surface area contributed by atoms with Crippen molar-refractivity contribution in [2.24, 2.45) is 5.92 Å². The molecule has 1 spiro atoms. The molecule has 2 saturated heterocycles. The van der Waals surface area contributed by atoms with Crippen LogP contribution in [0.1, 0.15) is 30.0 Å². The first-order chi connectivity index (χ1) is 11.7. The average molecular weight is 363 g/mol. The van der Waals surface area contributed by atoms with Gasteiger partial charge in [0.1, 0.15) is 5.76 Å². The number of carboxylic acids is 1. The molecule has 2 amide bonds. The summed E-state index contributed by atoms with van der Waals surface area (Å²) in [6, 6.07) is 0.224. The Hall–Kier alpha value is -2.39. The van der Waals surface area contributed by atoms with E-state index in [2.05, 4.69) is 5.43 Å². The number of β-lactam (4-membered cyclic amide) rings is 1. The van der Waals surface area contributed by atoms with Crippen LogP contribution in [0, 0.1) is 5.92 Å². The molecular formula is C16H15N2O6S+. The highest BCUT2D eigenvalue weighted by Gasteiger charge is 2.81. The van der Waals surface area contributed by atoms with Crippen LogP contribution >= 0.6 is 11.8 Å². The third-order valence-corrected chi connectivity index (χ3v) is 6.65. The summed E-state index contributed by atoms with van der Waals surface area (Å²) < 4.78 is 3.60. The van der Waals surface area contributed by atoms with Crippen molar-refractivity contribution in [1.29, 1.82) is 0 Å². The molecule has 1 aromatic rings. The summed E-state index contributed by atoms with van der Waals surface area (Å²) >= 11 is 1.25. The number of aliphatic carboxylic acids is 1. The maximum absolute atomic E-state index is 12.9. The molecule has 0 aliphatic carbocycles. The van der Waals surface area contributed by atoms with Gasteiger partial charge in [0, 0.05) is 0 Å². The molecule has 2 fully saturated rings. The van der Waals surface area contributed by atoms with Crippen LogP contribution in [0.4, 0.5) is 0 Å². The van der Waals surface area contributed by atoms with E-state index in [-0.39, 0.29) is 11.3 Å². The number of nitrogens with one attached hydrogen (secondary N) is 1. The number of rotatable bonds is 1. The average Bonchev–Trinajstić information content (AvgIpc) is 3.05. The molecule has 2 N–H and O–H groups in total. The lowest BCUT2D eigenvalue weighted by molar-refractivity contribution is -0.939. The minimum atomic E-state index is -1.19. The van der Waals surface area contributed by atoms with Gasteiger partial charge in [-0.2, -0.15) is 5.43 Å². The quantitative estimate of drug-likeness (QED) is 0.431. The van der Waals surface area contributed by atoms with Gasteiger partial charge in [-0.3, -0.25) is 9.59 Å². The SMILES string of the molecule is CC1(C)S[C@@H]2[C@@H]3C(=O)C=Cc4occc4C(=O)N[N+]2(C3=O)[C@H]1C(=O)O. The first kappa shape index (κ1) is 16.1. The number of allylic oxidation sites excluding steroid dienone is 1. The Morgan fingerprint density at radius 1 is 1.32 bits per heavy atom. The summed E-state index contributed by atoms with van der Waals surface area (Å²) in [7, 11) is 0. The summed E-state index contributed by atoms with van der Waals surface area (Å²) in [6.45, 7) is 3.41. The monoisotopic (exact) mass is 363 g/mol. The molecule has 2 bridgehead atoms. The van der Waals surface area contributed by atoms with Crippen molar-refractivity contribution >= 4 is 41.4 Å². The summed E-state index contributed by atoms with van der Waals surface area (Å²) in [5.74, 6) is -3.61. The van der Waals surface area contributed by atoms with E-state index in [1.54, 1.807) is 13.8 Å².